The molecule has 2 aromatic rings. The van der Waals surface area contributed by atoms with E-state index in [2.05, 4.69) is 20.6 Å². The lowest BCUT2D eigenvalue weighted by molar-refractivity contribution is -0.141. The van der Waals surface area contributed by atoms with Crippen molar-refractivity contribution in [3.8, 4) is 0 Å². The van der Waals surface area contributed by atoms with Crippen molar-refractivity contribution in [2.75, 3.05) is 0 Å². The van der Waals surface area contributed by atoms with Gasteiger partial charge in [-0.2, -0.15) is 18.2 Å². The summed E-state index contributed by atoms with van der Waals surface area (Å²) in [6.45, 7) is 5.06. The van der Waals surface area contributed by atoms with E-state index in [1.54, 1.807) is 20.8 Å². The van der Waals surface area contributed by atoms with Gasteiger partial charge in [0, 0.05) is 30.1 Å². The fourth-order valence-corrected chi connectivity index (χ4v) is 3.42. The molecule has 1 aliphatic heterocycles. The molecule has 0 aliphatic carbocycles. The van der Waals surface area contributed by atoms with Crippen molar-refractivity contribution in [3.63, 3.8) is 0 Å². The topological polar surface area (TPSA) is 83.5 Å². The van der Waals surface area contributed by atoms with Gasteiger partial charge in [-0.3, -0.25) is 9.78 Å². The molecule has 3 amide bonds. The van der Waals surface area contributed by atoms with Crippen LogP contribution in [0.4, 0.5) is 22.4 Å². The number of carbonyl (C=O) groups excluding carboxylic acids is 2. The van der Waals surface area contributed by atoms with Crippen LogP contribution in [0.1, 0.15) is 55.6 Å². The maximum atomic E-state index is 15.3. The minimum absolute atomic E-state index is 0.0103. The van der Waals surface area contributed by atoms with Gasteiger partial charge in [-0.05, 0) is 17.7 Å². The third-order valence-corrected chi connectivity index (χ3v) is 5.31. The SMILES string of the molecule is CC(C)(C)C(=O)NCc1ccc(Cl)c(C2=NC(=O)NC(c3ccc(C(F)(F)F)nc3)C2)c1F. The molecule has 0 saturated heterocycles. The average Bonchev–Trinajstić information content (AvgIpc) is 2.71. The van der Waals surface area contributed by atoms with Gasteiger partial charge in [0.15, 0.2) is 0 Å². The van der Waals surface area contributed by atoms with Crippen molar-refractivity contribution in [2.45, 2.75) is 46.0 Å². The van der Waals surface area contributed by atoms with E-state index in [0.29, 0.717) is 5.56 Å². The Morgan fingerprint density at radius 2 is 1.91 bits per heavy atom. The van der Waals surface area contributed by atoms with Crippen molar-refractivity contribution in [1.82, 2.24) is 15.6 Å². The maximum Gasteiger partial charge on any atom is 0.433 e. The first-order chi connectivity index (χ1) is 15.3. The Bertz CT molecular complexity index is 1110. The van der Waals surface area contributed by atoms with Crippen LogP contribution in [-0.4, -0.2) is 22.6 Å². The molecule has 3 rings (SSSR count). The molecular formula is C22H21ClF4N4O2. The quantitative estimate of drug-likeness (QED) is 0.585. The Hall–Kier alpha value is -3.01. The normalized spacial score (nSPS) is 16.8. The fourth-order valence-electron chi connectivity index (χ4n) is 3.17. The van der Waals surface area contributed by atoms with Crippen LogP contribution < -0.4 is 10.6 Å². The van der Waals surface area contributed by atoms with E-state index in [-0.39, 0.29) is 40.7 Å². The summed E-state index contributed by atoms with van der Waals surface area (Å²) in [6.07, 6.45) is -3.61. The molecule has 176 valence electrons. The second kappa shape index (κ2) is 9.09. The van der Waals surface area contributed by atoms with Crippen molar-refractivity contribution < 1.29 is 27.2 Å². The Kier molecular flexibility index (Phi) is 6.78. The highest BCUT2D eigenvalue weighted by atomic mass is 35.5. The Balaban J connectivity index is 1.88. The molecule has 1 aromatic carbocycles. The fraction of sp³-hybridized carbons (Fsp3) is 0.364. The molecule has 11 heteroatoms. The van der Waals surface area contributed by atoms with Gasteiger partial charge in [0.1, 0.15) is 11.5 Å². The highest BCUT2D eigenvalue weighted by molar-refractivity contribution is 6.34. The lowest BCUT2D eigenvalue weighted by Gasteiger charge is -2.24. The average molecular weight is 485 g/mol. The van der Waals surface area contributed by atoms with Gasteiger partial charge in [0.2, 0.25) is 5.91 Å². The summed E-state index contributed by atoms with van der Waals surface area (Å²) >= 11 is 6.21. The summed E-state index contributed by atoms with van der Waals surface area (Å²) in [5.41, 5.74) is -1.35. The summed E-state index contributed by atoms with van der Waals surface area (Å²) in [5.74, 6) is -1.02. The first-order valence-corrected chi connectivity index (χ1v) is 10.3. The van der Waals surface area contributed by atoms with Crippen LogP contribution in [-0.2, 0) is 17.5 Å². The monoisotopic (exact) mass is 484 g/mol. The summed E-state index contributed by atoms with van der Waals surface area (Å²) in [7, 11) is 0. The number of nitrogens with zero attached hydrogens (tertiary/aromatic N) is 2. The summed E-state index contributed by atoms with van der Waals surface area (Å²) in [4.78, 5) is 31.5. The smallest absolute Gasteiger partial charge is 0.351 e. The molecule has 2 N–H and O–H groups in total. The number of hydrogen-bond acceptors (Lipinski definition) is 3. The van der Waals surface area contributed by atoms with Crippen LogP contribution in [0.15, 0.2) is 35.5 Å². The molecule has 6 nitrogen and oxygen atoms in total. The molecule has 0 saturated carbocycles. The highest BCUT2D eigenvalue weighted by Crippen LogP contribution is 2.31. The second-order valence-electron chi connectivity index (χ2n) is 8.57. The molecule has 0 radical (unpaired) electrons. The number of hydrogen-bond donors (Lipinski definition) is 2. The zero-order valence-corrected chi connectivity index (χ0v) is 18.7. The van der Waals surface area contributed by atoms with Crippen LogP contribution in [0.5, 0.6) is 0 Å². The van der Waals surface area contributed by atoms with Gasteiger partial charge < -0.3 is 10.6 Å². The third-order valence-electron chi connectivity index (χ3n) is 4.99. The Labute approximate surface area is 192 Å². The highest BCUT2D eigenvalue weighted by Gasteiger charge is 2.33. The van der Waals surface area contributed by atoms with Crippen molar-refractivity contribution in [1.29, 1.82) is 0 Å². The number of rotatable bonds is 4. The van der Waals surface area contributed by atoms with Gasteiger partial charge in [-0.25, -0.2) is 9.18 Å². The molecular weight excluding hydrogens is 464 g/mol. The third kappa shape index (κ3) is 5.68. The lowest BCUT2D eigenvalue weighted by atomic mass is 9.94. The summed E-state index contributed by atoms with van der Waals surface area (Å²) < 4.78 is 53.7. The number of pyridine rings is 1. The molecule has 33 heavy (non-hydrogen) atoms. The van der Waals surface area contributed by atoms with Crippen molar-refractivity contribution >= 4 is 29.3 Å². The van der Waals surface area contributed by atoms with Gasteiger partial charge in [0.05, 0.1) is 22.3 Å². The van der Waals surface area contributed by atoms with Crippen LogP contribution in [0.3, 0.4) is 0 Å². The van der Waals surface area contributed by atoms with Crippen LogP contribution >= 0.6 is 11.6 Å². The van der Waals surface area contributed by atoms with E-state index in [0.717, 1.165) is 12.3 Å². The van der Waals surface area contributed by atoms with E-state index in [1.807, 2.05) is 0 Å². The molecule has 1 aromatic heterocycles. The zero-order valence-electron chi connectivity index (χ0n) is 18.0. The number of alkyl halides is 3. The maximum absolute atomic E-state index is 15.3. The number of carbonyl (C=O) groups is 2. The molecule has 0 bridgehead atoms. The molecule has 0 fully saturated rings. The van der Waals surface area contributed by atoms with E-state index < -0.39 is 35.2 Å². The lowest BCUT2D eigenvalue weighted by Crippen LogP contribution is -2.35. The standard InChI is InChI=1S/C22H21ClF4N4O2/c1-21(2,3)19(32)29-10-12-4-6-13(23)17(18(12)24)15-8-14(30-20(33)31-15)11-5-7-16(28-9-11)22(25,26)27/h4-7,9,14H,8,10H2,1-3H3,(H,29,32)(H,30,33). The van der Waals surface area contributed by atoms with Gasteiger partial charge >= 0.3 is 12.2 Å². The van der Waals surface area contributed by atoms with E-state index in [1.165, 1.54) is 18.2 Å². The molecule has 1 aliphatic rings. The predicted molar refractivity (Wildman–Crippen MR) is 114 cm³/mol. The zero-order chi connectivity index (χ0) is 24.6. The Morgan fingerprint density at radius 3 is 2.48 bits per heavy atom. The molecule has 0 spiro atoms. The van der Waals surface area contributed by atoms with Crippen molar-refractivity contribution in [2.24, 2.45) is 10.4 Å². The molecule has 1 atom stereocenters. The number of amides is 3. The van der Waals surface area contributed by atoms with E-state index >= 15 is 4.39 Å². The summed E-state index contributed by atoms with van der Waals surface area (Å²) in [6, 6.07) is 3.29. The minimum Gasteiger partial charge on any atom is -0.351 e. The number of aromatic nitrogens is 1. The number of benzene rings is 1. The van der Waals surface area contributed by atoms with Crippen LogP contribution in [0.25, 0.3) is 0 Å². The van der Waals surface area contributed by atoms with Gasteiger partial charge in [0.25, 0.3) is 0 Å². The Morgan fingerprint density at radius 1 is 1.21 bits per heavy atom. The molecule has 2 heterocycles. The van der Waals surface area contributed by atoms with Gasteiger partial charge in [-0.1, -0.05) is 44.5 Å². The first-order valence-electron chi connectivity index (χ1n) is 9.94. The first kappa shape index (κ1) is 24.6. The van der Waals surface area contributed by atoms with Crippen LogP contribution in [0.2, 0.25) is 5.02 Å². The predicted octanol–water partition coefficient (Wildman–Crippen LogP) is 5.20. The number of halogens is 5. The number of aliphatic imine (C=N–C) groups is 1. The number of nitrogens with one attached hydrogen (secondary N) is 2. The van der Waals surface area contributed by atoms with Gasteiger partial charge in [-0.15, -0.1) is 0 Å². The van der Waals surface area contributed by atoms with E-state index in [9.17, 15) is 22.8 Å². The molecule has 1 unspecified atom stereocenters. The largest absolute Gasteiger partial charge is 0.433 e. The second-order valence-corrected chi connectivity index (χ2v) is 8.97. The number of urea groups is 1. The van der Waals surface area contributed by atoms with E-state index in [4.69, 9.17) is 11.6 Å². The minimum atomic E-state index is -4.60. The van der Waals surface area contributed by atoms with Crippen LogP contribution in [0, 0.1) is 11.2 Å². The summed E-state index contributed by atoms with van der Waals surface area (Å²) in [5, 5.41) is 5.19. The van der Waals surface area contributed by atoms with Crippen molar-refractivity contribution in [3.05, 3.63) is 63.7 Å².